The summed E-state index contributed by atoms with van der Waals surface area (Å²) < 4.78 is 11.2. The molecule has 2 aromatic heterocycles. The Kier molecular flexibility index (Phi) is 5.99. The lowest BCUT2D eigenvalue weighted by molar-refractivity contribution is -0.137. The number of hydrogen-bond donors (Lipinski definition) is 0. The van der Waals surface area contributed by atoms with Crippen molar-refractivity contribution < 1.29 is 18.4 Å². The van der Waals surface area contributed by atoms with E-state index in [9.17, 15) is 14.4 Å². The first-order valence-corrected chi connectivity index (χ1v) is 10.7. The second-order valence-corrected chi connectivity index (χ2v) is 8.65. The summed E-state index contributed by atoms with van der Waals surface area (Å²) in [7, 11) is 4.78. The number of carbonyl (C=O) groups excluding carboxylic acids is 2. The van der Waals surface area contributed by atoms with Crippen molar-refractivity contribution >= 4 is 45.4 Å². The Labute approximate surface area is 195 Å². The van der Waals surface area contributed by atoms with Gasteiger partial charge in [0, 0.05) is 48.6 Å². The molecule has 0 atom stereocenters. The Hall–Kier alpha value is -3.58. The number of rotatable bonds is 5. The van der Waals surface area contributed by atoms with Crippen molar-refractivity contribution in [2.24, 2.45) is 0 Å². The Balaban J connectivity index is 1.74. The number of fused-ring (bicyclic) bond motifs is 2. The number of aryl methyl sites for hydroxylation is 1. The lowest BCUT2D eigenvalue weighted by Gasteiger charge is -2.19. The molecule has 2 aromatic carbocycles. The topological polar surface area (TPSA) is 84.0 Å². The molecule has 0 saturated carbocycles. The van der Waals surface area contributed by atoms with Crippen molar-refractivity contribution in [3.05, 3.63) is 69.2 Å². The maximum atomic E-state index is 12.7. The molecular weight excluding hydrogens is 444 g/mol. The van der Waals surface area contributed by atoms with E-state index in [0.29, 0.717) is 27.1 Å². The van der Waals surface area contributed by atoms with Crippen LogP contribution in [0.15, 0.2) is 56.3 Å². The zero-order chi connectivity index (χ0) is 23.9. The van der Waals surface area contributed by atoms with Gasteiger partial charge in [0.05, 0.1) is 24.8 Å². The van der Waals surface area contributed by atoms with E-state index in [4.69, 9.17) is 20.4 Å². The van der Waals surface area contributed by atoms with Crippen LogP contribution in [0.25, 0.3) is 33.1 Å². The van der Waals surface area contributed by atoms with Gasteiger partial charge in [0.25, 0.3) is 0 Å². The molecule has 8 heteroatoms. The van der Waals surface area contributed by atoms with Gasteiger partial charge in [-0.3, -0.25) is 9.59 Å². The van der Waals surface area contributed by atoms with Gasteiger partial charge in [-0.1, -0.05) is 23.7 Å². The SMILES string of the molecule is Cc1c(CC(=O)N(C)CC(=O)N(C)C)c(=O)oc2cc3occ(-c4ccc(Cl)cc4)c3cc12. The van der Waals surface area contributed by atoms with Gasteiger partial charge in [-0.25, -0.2) is 4.79 Å². The summed E-state index contributed by atoms with van der Waals surface area (Å²) in [6.45, 7) is 1.73. The number of hydrogen-bond acceptors (Lipinski definition) is 5. The van der Waals surface area contributed by atoms with E-state index < -0.39 is 5.63 Å². The van der Waals surface area contributed by atoms with Gasteiger partial charge in [0.1, 0.15) is 11.2 Å². The highest BCUT2D eigenvalue weighted by Gasteiger charge is 2.20. The summed E-state index contributed by atoms with van der Waals surface area (Å²) in [4.78, 5) is 40.0. The van der Waals surface area contributed by atoms with Crippen molar-refractivity contribution in [3.63, 3.8) is 0 Å². The summed E-state index contributed by atoms with van der Waals surface area (Å²) in [6.07, 6.45) is 1.50. The van der Waals surface area contributed by atoms with E-state index in [-0.39, 0.29) is 30.3 Å². The Morgan fingerprint density at radius 2 is 1.67 bits per heavy atom. The molecule has 0 aliphatic rings. The summed E-state index contributed by atoms with van der Waals surface area (Å²) in [5, 5.41) is 2.21. The van der Waals surface area contributed by atoms with Crippen LogP contribution in [-0.2, 0) is 16.0 Å². The van der Waals surface area contributed by atoms with Crippen LogP contribution < -0.4 is 5.63 Å². The molecule has 4 rings (SSSR count). The van der Waals surface area contributed by atoms with Crippen LogP contribution in [0, 0.1) is 6.92 Å². The average Bonchev–Trinajstić information content (AvgIpc) is 3.18. The molecule has 2 heterocycles. The van der Waals surface area contributed by atoms with Crippen molar-refractivity contribution in [3.8, 4) is 11.1 Å². The minimum Gasteiger partial charge on any atom is -0.464 e. The summed E-state index contributed by atoms with van der Waals surface area (Å²) in [5.74, 6) is -0.545. The number of nitrogens with zero attached hydrogens (tertiary/aromatic N) is 2. The quantitative estimate of drug-likeness (QED) is 0.410. The minimum atomic E-state index is -0.579. The highest BCUT2D eigenvalue weighted by molar-refractivity contribution is 6.30. The normalized spacial score (nSPS) is 11.2. The first-order chi connectivity index (χ1) is 15.7. The molecular formula is C25H23ClN2O5. The third kappa shape index (κ3) is 4.36. The number of carbonyl (C=O) groups is 2. The van der Waals surface area contributed by atoms with Crippen LogP contribution in [0.1, 0.15) is 11.1 Å². The van der Waals surface area contributed by atoms with Gasteiger partial charge in [0.2, 0.25) is 11.8 Å². The standard InChI is InChI=1S/C25H23ClN2O5/c1-14-17-9-19-20(15-5-7-16(26)8-6-15)13-32-21(19)11-22(17)33-25(31)18(14)10-23(29)28(4)12-24(30)27(2)3/h5-9,11,13H,10,12H2,1-4H3. The molecule has 0 aliphatic heterocycles. The third-order valence-corrected chi connectivity index (χ3v) is 6.01. The van der Waals surface area contributed by atoms with Crippen molar-refractivity contribution in [1.29, 1.82) is 0 Å². The van der Waals surface area contributed by atoms with Gasteiger partial charge in [0.15, 0.2) is 0 Å². The summed E-state index contributed by atoms with van der Waals surface area (Å²) in [5.41, 5.74) is 3.14. The predicted molar refractivity (Wildman–Crippen MR) is 127 cm³/mol. The van der Waals surface area contributed by atoms with E-state index in [1.54, 1.807) is 33.3 Å². The molecule has 2 amide bonds. The zero-order valence-corrected chi connectivity index (χ0v) is 19.5. The Bertz CT molecular complexity index is 1430. The smallest absolute Gasteiger partial charge is 0.340 e. The molecule has 0 bridgehead atoms. The molecule has 0 aliphatic carbocycles. The van der Waals surface area contributed by atoms with Gasteiger partial charge in [-0.05, 0) is 36.2 Å². The van der Waals surface area contributed by atoms with Crippen LogP contribution in [0.2, 0.25) is 5.02 Å². The number of amides is 2. The minimum absolute atomic E-state index is 0.0656. The highest BCUT2D eigenvalue weighted by atomic mass is 35.5. The molecule has 170 valence electrons. The number of likely N-dealkylation sites (N-methyl/N-ethyl adjacent to an activating group) is 2. The van der Waals surface area contributed by atoms with Crippen LogP contribution in [0.4, 0.5) is 0 Å². The number of halogens is 1. The first kappa shape index (κ1) is 22.6. The van der Waals surface area contributed by atoms with E-state index >= 15 is 0 Å². The fourth-order valence-corrected chi connectivity index (χ4v) is 3.81. The molecule has 0 unspecified atom stereocenters. The Morgan fingerprint density at radius 1 is 0.970 bits per heavy atom. The molecule has 33 heavy (non-hydrogen) atoms. The first-order valence-electron chi connectivity index (χ1n) is 10.3. The fourth-order valence-electron chi connectivity index (χ4n) is 3.69. The summed E-state index contributed by atoms with van der Waals surface area (Å²) in [6, 6.07) is 11.0. The molecule has 0 radical (unpaired) electrons. The average molecular weight is 467 g/mol. The molecule has 0 N–H and O–H groups in total. The molecule has 0 spiro atoms. The maximum Gasteiger partial charge on any atom is 0.340 e. The largest absolute Gasteiger partial charge is 0.464 e. The van der Waals surface area contributed by atoms with E-state index in [1.165, 1.54) is 16.8 Å². The second-order valence-electron chi connectivity index (χ2n) is 8.21. The van der Waals surface area contributed by atoms with Crippen LogP contribution in [0.3, 0.4) is 0 Å². The number of furan rings is 1. The Morgan fingerprint density at radius 3 is 2.33 bits per heavy atom. The lowest BCUT2D eigenvalue weighted by Crippen LogP contribution is -2.39. The monoisotopic (exact) mass is 466 g/mol. The van der Waals surface area contributed by atoms with Crippen molar-refractivity contribution in [2.75, 3.05) is 27.7 Å². The van der Waals surface area contributed by atoms with Gasteiger partial charge in [-0.15, -0.1) is 0 Å². The third-order valence-electron chi connectivity index (χ3n) is 5.76. The predicted octanol–water partition coefficient (Wildman–Crippen LogP) is 4.26. The van der Waals surface area contributed by atoms with E-state index in [2.05, 4.69) is 0 Å². The zero-order valence-electron chi connectivity index (χ0n) is 18.8. The van der Waals surface area contributed by atoms with Crippen LogP contribution in [-0.4, -0.2) is 49.3 Å². The van der Waals surface area contributed by atoms with Crippen LogP contribution in [0.5, 0.6) is 0 Å². The van der Waals surface area contributed by atoms with E-state index in [1.807, 2.05) is 30.3 Å². The molecule has 4 aromatic rings. The van der Waals surface area contributed by atoms with Crippen molar-refractivity contribution in [2.45, 2.75) is 13.3 Å². The van der Waals surface area contributed by atoms with Gasteiger partial charge >= 0.3 is 5.63 Å². The van der Waals surface area contributed by atoms with Crippen molar-refractivity contribution in [1.82, 2.24) is 9.80 Å². The van der Waals surface area contributed by atoms with Gasteiger partial charge in [-0.2, -0.15) is 0 Å². The second kappa shape index (κ2) is 8.75. The van der Waals surface area contributed by atoms with Gasteiger partial charge < -0.3 is 18.6 Å². The lowest BCUT2D eigenvalue weighted by atomic mass is 9.99. The van der Waals surface area contributed by atoms with Crippen LogP contribution >= 0.6 is 11.6 Å². The summed E-state index contributed by atoms with van der Waals surface area (Å²) >= 11 is 6.01. The molecule has 0 saturated heterocycles. The highest BCUT2D eigenvalue weighted by Crippen LogP contribution is 2.35. The maximum absolute atomic E-state index is 12.7. The van der Waals surface area contributed by atoms with E-state index in [0.717, 1.165) is 16.5 Å². The molecule has 7 nitrogen and oxygen atoms in total. The fraction of sp³-hybridized carbons (Fsp3) is 0.240. The number of benzene rings is 2. The molecule has 0 fully saturated rings.